The van der Waals surface area contributed by atoms with Gasteiger partial charge in [-0.25, -0.2) is 17.5 Å². The van der Waals surface area contributed by atoms with Crippen molar-refractivity contribution >= 4 is 10.0 Å². The molecular weight excluding hydrogens is 293 g/mol. The van der Waals surface area contributed by atoms with Gasteiger partial charge < -0.3 is 4.74 Å². The fraction of sp³-hybridized carbons (Fsp3) is 0.600. The van der Waals surface area contributed by atoms with Crippen LogP contribution in [-0.4, -0.2) is 27.2 Å². The molecule has 1 fully saturated rings. The molecule has 0 amide bonds. The minimum atomic E-state index is -3.45. The average Bonchev–Trinajstić information content (AvgIpc) is 2.88. The molecule has 1 aromatic carbocycles. The lowest BCUT2D eigenvalue weighted by Crippen LogP contribution is -2.34. The first-order valence-corrected chi connectivity index (χ1v) is 8.96. The Labute approximate surface area is 125 Å². The average molecular weight is 315 g/mol. The van der Waals surface area contributed by atoms with Crippen LogP contribution in [0.4, 0.5) is 4.39 Å². The quantitative estimate of drug-likeness (QED) is 0.841. The van der Waals surface area contributed by atoms with Crippen molar-refractivity contribution in [3.8, 4) is 0 Å². The third-order valence-corrected chi connectivity index (χ3v) is 5.05. The van der Waals surface area contributed by atoms with E-state index in [-0.39, 0.29) is 17.9 Å². The highest BCUT2D eigenvalue weighted by molar-refractivity contribution is 7.88. The fourth-order valence-electron chi connectivity index (χ4n) is 2.56. The first-order valence-electron chi connectivity index (χ1n) is 7.31. The molecule has 1 saturated heterocycles. The molecule has 1 aromatic rings. The number of benzene rings is 1. The third kappa shape index (κ3) is 5.73. The van der Waals surface area contributed by atoms with Crippen LogP contribution in [-0.2, 0) is 20.5 Å². The zero-order valence-corrected chi connectivity index (χ0v) is 13.0. The number of ether oxygens (including phenoxy) is 1. The maximum absolute atomic E-state index is 13.1. The van der Waals surface area contributed by atoms with Gasteiger partial charge in [-0.15, -0.1) is 0 Å². The van der Waals surface area contributed by atoms with E-state index in [0.717, 1.165) is 32.3 Å². The summed E-state index contributed by atoms with van der Waals surface area (Å²) in [6.07, 6.45) is 4.02. The number of halogens is 1. The Morgan fingerprint density at radius 2 is 2.29 bits per heavy atom. The van der Waals surface area contributed by atoms with Gasteiger partial charge in [-0.05, 0) is 50.3 Å². The number of hydrogen-bond donors (Lipinski definition) is 1. The maximum Gasteiger partial charge on any atom is 0.216 e. The predicted molar refractivity (Wildman–Crippen MR) is 79.8 cm³/mol. The van der Waals surface area contributed by atoms with Crippen molar-refractivity contribution in [2.24, 2.45) is 0 Å². The van der Waals surface area contributed by atoms with Crippen LogP contribution < -0.4 is 4.72 Å². The SMILES string of the molecule is C[C@@H](CC[C@H]1CCCO1)NS(=O)(=O)Cc1cccc(F)c1. The minimum absolute atomic E-state index is 0.146. The summed E-state index contributed by atoms with van der Waals surface area (Å²) in [6, 6.07) is 5.53. The molecule has 0 saturated carbocycles. The van der Waals surface area contributed by atoms with Crippen LogP contribution in [0.3, 0.4) is 0 Å². The van der Waals surface area contributed by atoms with Gasteiger partial charge in [0.05, 0.1) is 11.9 Å². The van der Waals surface area contributed by atoms with Crippen molar-refractivity contribution < 1.29 is 17.5 Å². The van der Waals surface area contributed by atoms with Gasteiger partial charge in [0.15, 0.2) is 0 Å². The van der Waals surface area contributed by atoms with E-state index in [1.807, 2.05) is 6.92 Å². The minimum Gasteiger partial charge on any atom is -0.378 e. The van der Waals surface area contributed by atoms with Gasteiger partial charge >= 0.3 is 0 Å². The van der Waals surface area contributed by atoms with Gasteiger partial charge in [0, 0.05) is 12.6 Å². The highest BCUT2D eigenvalue weighted by Gasteiger charge is 2.19. The summed E-state index contributed by atoms with van der Waals surface area (Å²) in [7, 11) is -3.45. The molecule has 1 N–H and O–H groups in total. The second kappa shape index (κ2) is 7.33. The van der Waals surface area contributed by atoms with Crippen LogP contribution in [0.25, 0.3) is 0 Å². The standard InChI is InChI=1S/C15H22FNO3S/c1-12(7-8-15-6-3-9-20-15)17-21(18,19)11-13-4-2-5-14(16)10-13/h2,4-5,10,12,15,17H,3,6-9,11H2,1H3/t12-,15+/m0/s1. The topological polar surface area (TPSA) is 55.4 Å². The van der Waals surface area contributed by atoms with Crippen LogP contribution in [0, 0.1) is 5.82 Å². The lowest BCUT2D eigenvalue weighted by Gasteiger charge is -2.16. The second-order valence-corrected chi connectivity index (χ2v) is 7.37. The molecule has 21 heavy (non-hydrogen) atoms. The Morgan fingerprint density at radius 1 is 1.48 bits per heavy atom. The first kappa shape index (κ1) is 16.4. The normalized spacial score (nSPS) is 20.6. The molecule has 0 spiro atoms. The lowest BCUT2D eigenvalue weighted by atomic mass is 10.1. The molecular formula is C15H22FNO3S. The van der Waals surface area contributed by atoms with Crippen molar-refractivity contribution in [2.45, 2.75) is 50.5 Å². The summed E-state index contributed by atoms with van der Waals surface area (Å²) in [5.74, 6) is -0.621. The molecule has 2 rings (SSSR count). The maximum atomic E-state index is 13.1. The van der Waals surface area contributed by atoms with Crippen molar-refractivity contribution in [3.63, 3.8) is 0 Å². The number of sulfonamides is 1. The van der Waals surface area contributed by atoms with Gasteiger partial charge in [0.25, 0.3) is 0 Å². The largest absolute Gasteiger partial charge is 0.378 e. The molecule has 1 aliphatic heterocycles. The van der Waals surface area contributed by atoms with E-state index in [9.17, 15) is 12.8 Å². The van der Waals surface area contributed by atoms with Crippen molar-refractivity contribution in [1.82, 2.24) is 4.72 Å². The molecule has 1 heterocycles. The third-order valence-electron chi connectivity index (χ3n) is 3.57. The molecule has 0 bridgehead atoms. The highest BCUT2D eigenvalue weighted by Crippen LogP contribution is 2.18. The van der Waals surface area contributed by atoms with Crippen molar-refractivity contribution in [3.05, 3.63) is 35.6 Å². The predicted octanol–water partition coefficient (Wildman–Crippen LogP) is 2.59. The van der Waals surface area contributed by atoms with Gasteiger partial charge in [0.1, 0.15) is 5.82 Å². The van der Waals surface area contributed by atoms with Gasteiger partial charge in [-0.2, -0.15) is 0 Å². The van der Waals surface area contributed by atoms with E-state index in [1.165, 1.54) is 18.2 Å². The van der Waals surface area contributed by atoms with E-state index in [4.69, 9.17) is 4.74 Å². The van der Waals surface area contributed by atoms with Crippen LogP contribution in [0.1, 0.15) is 38.2 Å². The van der Waals surface area contributed by atoms with Crippen LogP contribution in [0.15, 0.2) is 24.3 Å². The summed E-state index contributed by atoms with van der Waals surface area (Å²) < 4.78 is 45.3. The monoisotopic (exact) mass is 315 g/mol. The summed E-state index contributed by atoms with van der Waals surface area (Å²) in [4.78, 5) is 0. The fourth-order valence-corrected chi connectivity index (χ4v) is 3.99. The number of hydrogen-bond acceptors (Lipinski definition) is 3. The van der Waals surface area contributed by atoms with E-state index in [1.54, 1.807) is 6.07 Å². The molecule has 4 nitrogen and oxygen atoms in total. The van der Waals surface area contributed by atoms with Gasteiger partial charge in [0.2, 0.25) is 10.0 Å². The van der Waals surface area contributed by atoms with Crippen molar-refractivity contribution in [2.75, 3.05) is 6.61 Å². The molecule has 2 atom stereocenters. The molecule has 1 aliphatic rings. The summed E-state index contributed by atoms with van der Waals surface area (Å²) in [5.41, 5.74) is 0.453. The van der Waals surface area contributed by atoms with Crippen LogP contribution >= 0.6 is 0 Å². The van der Waals surface area contributed by atoms with E-state index in [2.05, 4.69) is 4.72 Å². The zero-order valence-electron chi connectivity index (χ0n) is 12.2. The van der Waals surface area contributed by atoms with Crippen molar-refractivity contribution in [1.29, 1.82) is 0 Å². The molecule has 0 unspecified atom stereocenters. The van der Waals surface area contributed by atoms with Crippen LogP contribution in [0.2, 0.25) is 0 Å². The Balaban J connectivity index is 1.82. The molecule has 118 valence electrons. The zero-order chi connectivity index (χ0) is 15.3. The smallest absolute Gasteiger partial charge is 0.216 e. The number of rotatable bonds is 7. The Hall–Kier alpha value is -0.980. The summed E-state index contributed by atoms with van der Waals surface area (Å²) in [6.45, 7) is 2.66. The lowest BCUT2D eigenvalue weighted by molar-refractivity contribution is 0.101. The highest BCUT2D eigenvalue weighted by atomic mass is 32.2. The summed E-state index contributed by atoms with van der Waals surface area (Å²) >= 11 is 0. The first-order chi connectivity index (χ1) is 9.94. The Morgan fingerprint density at radius 3 is 2.95 bits per heavy atom. The Bertz CT molecular complexity index is 556. The summed E-state index contributed by atoms with van der Waals surface area (Å²) in [5, 5.41) is 0. The van der Waals surface area contributed by atoms with E-state index in [0.29, 0.717) is 5.56 Å². The number of nitrogens with one attached hydrogen (secondary N) is 1. The molecule has 0 aliphatic carbocycles. The molecule has 0 aromatic heterocycles. The Kier molecular flexibility index (Phi) is 5.72. The van der Waals surface area contributed by atoms with Crippen LogP contribution in [0.5, 0.6) is 0 Å². The molecule has 0 radical (unpaired) electrons. The van der Waals surface area contributed by atoms with Gasteiger partial charge in [-0.3, -0.25) is 0 Å². The van der Waals surface area contributed by atoms with Gasteiger partial charge in [-0.1, -0.05) is 12.1 Å². The molecule has 6 heteroatoms. The second-order valence-electron chi connectivity index (χ2n) is 5.62. The van der Waals surface area contributed by atoms with E-state index < -0.39 is 15.8 Å². The van der Waals surface area contributed by atoms with E-state index >= 15 is 0 Å².